The number of rotatable bonds is 3. The normalized spacial score (nSPS) is 24.1. The number of amides is 2. The lowest BCUT2D eigenvalue weighted by molar-refractivity contribution is 0.00959. The topological polar surface area (TPSA) is 84.7 Å². The Labute approximate surface area is 148 Å². The van der Waals surface area contributed by atoms with Gasteiger partial charge < -0.3 is 19.5 Å². The van der Waals surface area contributed by atoms with Crippen LogP contribution in [-0.2, 0) is 4.74 Å². The van der Waals surface area contributed by atoms with E-state index in [1.807, 2.05) is 27.7 Å². The van der Waals surface area contributed by atoms with E-state index in [1.54, 1.807) is 11.0 Å². The van der Waals surface area contributed by atoms with Gasteiger partial charge in [-0.05, 0) is 53.4 Å². The molecule has 0 aromatic carbocycles. The highest BCUT2D eigenvalue weighted by molar-refractivity contribution is 5.92. The summed E-state index contributed by atoms with van der Waals surface area (Å²) in [6.07, 6.45) is 3.31. The van der Waals surface area contributed by atoms with Gasteiger partial charge >= 0.3 is 6.09 Å². The van der Waals surface area contributed by atoms with Gasteiger partial charge in [-0.3, -0.25) is 4.79 Å². The molecule has 25 heavy (non-hydrogen) atoms. The molecule has 2 atom stereocenters. The zero-order valence-electron chi connectivity index (χ0n) is 15.4. The zero-order chi connectivity index (χ0) is 18.2. The van der Waals surface area contributed by atoms with Gasteiger partial charge in [0.05, 0.1) is 0 Å². The van der Waals surface area contributed by atoms with Crippen molar-refractivity contribution in [3.05, 3.63) is 17.5 Å². The minimum Gasteiger partial charge on any atom is -0.444 e. The van der Waals surface area contributed by atoms with Crippen LogP contribution in [0.15, 0.2) is 10.6 Å². The number of aromatic nitrogens is 1. The molecule has 1 saturated heterocycles. The van der Waals surface area contributed by atoms with Crippen molar-refractivity contribution >= 4 is 12.0 Å². The number of likely N-dealkylation sites (tertiary alicyclic amines) is 1. The second-order valence-corrected chi connectivity index (χ2v) is 8.11. The monoisotopic (exact) mass is 349 g/mol. The predicted molar refractivity (Wildman–Crippen MR) is 91.4 cm³/mol. The first kappa shape index (κ1) is 17.8. The lowest BCUT2D eigenvalue weighted by Crippen LogP contribution is -2.52. The van der Waals surface area contributed by atoms with Gasteiger partial charge in [-0.2, -0.15) is 0 Å². The van der Waals surface area contributed by atoms with Crippen LogP contribution < -0.4 is 5.32 Å². The van der Waals surface area contributed by atoms with Gasteiger partial charge in [0.1, 0.15) is 11.4 Å². The molecule has 0 spiro atoms. The van der Waals surface area contributed by atoms with Crippen LogP contribution in [0.3, 0.4) is 0 Å². The standard InChI is InChI=1S/C18H27N3O4/c1-11-9-13(7-8-21(11)17(23)24-18(2,3)4)19-16(22)14-10-15(25-20-14)12-5-6-12/h10-13H,5-9H2,1-4H3,(H,19,22)/t11-,13-/m1/s1. The highest BCUT2D eigenvalue weighted by Gasteiger charge is 2.33. The first-order valence-electron chi connectivity index (χ1n) is 9.00. The molecular formula is C18H27N3O4. The third kappa shape index (κ3) is 4.52. The Bertz CT molecular complexity index is 645. The average Bonchev–Trinajstić information content (AvgIpc) is 3.22. The first-order valence-corrected chi connectivity index (χ1v) is 9.00. The third-order valence-electron chi connectivity index (χ3n) is 4.58. The molecule has 138 valence electrons. The Morgan fingerprint density at radius 2 is 2.04 bits per heavy atom. The molecule has 0 radical (unpaired) electrons. The van der Waals surface area contributed by atoms with Crippen molar-refractivity contribution in [2.45, 2.75) is 77.0 Å². The van der Waals surface area contributed by atoms with Gasteiger partial charge in [0.15, 0.2) is 5.69 Å². The zero-order valence-corrected chi connectivity index (χ0v) is 15.4. The molecule has 1 aromatic heterocycles. The molecule has 1 saturated carbocycles. The largest absolute Gasteiger partial charge is 0.444 e. The lowest BCUT2D eigenvalue weighted by atomic mass is 9.98. The molecule has 7 heteroatoms. The average molecular weight is 349 g/mol. The van der Waals surface area contributed by atoms with Gasteiger partial charge in [-0.15, -0.1) is 0 Å². The number of hydrogen-bond donors (Lipinski definition) is 1. The van der Waals surface area contributed by atoms with Gasteiger partial charge in [0, 0.05) is 30.6 Å². The Morgan fingerprint density at radius 1 is 1.32 bits per heavy atom. The highest BCUT2D eigenvalue weighted by atomic mass is 16.6. The minimum absolute atomic E-state index is 0.00762. The summed E-state index contributed by atoms with van der Waals surface area (Å²) in [7, 11) is 0. The summed E-state index contributed by atoms with van der Waals surface area (Å²) < 4.78 is 10.7. The summed E-state index contributed by atoms with van der Waals surface area (Å²) in [5.41, 5.74) is -0.169. The maximum atomic E-state index is 12.3. The molecule has 2 amide bonds. The molecule has 1 aliphatic carbocycles. The van der Waals surface area contributed by atoms with Crippen LogP contribution in [0.1, 0.15) is 75.5 Å². The second kappa shape index (κ2) is 6.69. The van der Waals surface area contributed by atoms with Crippen LogP contribution in [-0.4, -0.2) is 46.3 Å². The molecule has 0 bridgehead atoms. The predicted octanol–water partition coefficient (Wildman–Crippen LogP) is 3.07. The van der Waals surface area contributed by atoms with E-state index in [4.69, 9.17) is 9.26 Å². The van der Waals surface area contributed by atoms with E-state index in [1.165, 1.54) is 0 Å². The summed E-state index contributed by atoms with van der Waals surface area (Å²) in [4.78, 5) is 26.3. The van der Waals surface area contributed by atoms with Gasteiger partial charge in [-0.25, -0.2) is 4.79 Å². The lowest BCUT2D eigenvalue weighted by Gasteiger charge is -2.38. The third-order valence-corrected chi connectivity index (χ3v) is 4.58. The fourth-order valence-electron chi connectivity index (χ4n) is 3.11. The van der Waals surface area contributed by atoms with Crippen molar-refractivity contribution in [2.24, 2.45) is 0 Å². The van der Waals surface area contributed by atoms with Crippen molar-refractivity contribution < 1.29 is 18.8 Å². The summed E-state index contributed by atoms with van der Waals surface area (Å²) in [5.74, 6) is 1.03. The van der Waals surface area contributed by atoms with Crippen LogP contribution in [0.5, 0.6) is 0 Å². The van der Waals surface area contributed by atoms with Crippen molar-refractivity contribution in [3.8, 4) is 0 Å². The number of hydrogen-bond acceptors (Lipinski definition) is 5. The number of nitrogens with zero attached hydrogens (tertiary/aromatic N) is 2. The number of carbonyl (C=O) groups is 2. The van der Waals surface area contributed by atoms with Crippen molar-refractivity contribution in [2.75, 3.05) is 6.54 Å². The molecule has 3 rings (SSSR count). The van der Waals surface area contributed by atoms with E-state index in [2.05, 4.69) is 10.5 Å². The van der Waals surface area contributed by atoms with Gasteiger partial charge in [0.25, 0.3) is 5.91 Å². The van der Waals surface area contributed by atoms with Gasteiger partial charge in [-0.1, -0.05) is 5.16 Å². The molecule has 2 fully saturated rings. The summed E-state index contributed by atoms with van der Waals surface area (Å²) in [6.45, 7) is 8.11. The number of nitrogens with one attached hydrogen (secondary N) is 1. The Kier molecular flexibility index (Phi) is 4.75. The van der Waals surface area contributed by atoms with Crippen molar-refractivity contribution in [1.29, 1.82) is 0 Å². The molecule has 1 N–H and O–H groups in total. The smallest absolute Gasteiger partial charge is 0.410 e. The fourth-order valence-corrected chi connectivity index (χ4v) is 3.11. The second-order valence-electron chi connectivity index (χ2n) is 8.11. The van der Waals surface area contributed by atoms with Crippen LogP contribution in [0.2, 0.25) is 0 Å². The molecule has 0 unspecified atom stereocenters. The van der Waals surface area contributed by atoms with E-state index in [-0.39, 0.29) is 24.1 Å². The number of carbonyl (C=O) groups excluding carboxylic acids is 2. The maximum Gasteiger partial charge on any atom is 0.410 e. The van der Waals surface area contributed by atoms with E-state index < -0.39 is 5.60 Å². The Morgan fingerprint density at radius 3 is 2.64 bits per heavy atom. The van der Waals surface area contributed by atoms with Crippen LogP contribution in [0.25, 0.3) is 0 Å². The summed E-state index contributed by atoms with van der Waals surface area (Å²) in [6, 6.07) is 1.77. The van der Waals surface area contributed by atoms with E-state index in [0.29, 0.717) is 31.0 Å². The molecule has 1 aromatic rings. The minimum atomic E-state index is -0.506. The van der Waals surface area contributed by atoms with Crippen molar-refractivity contribution in [3.63, 3.8) is 0 Å². The summed E-state index contributed by atoms with van der Waals surface area (Å²) >= 11 is 0. The molecule has 7 nitrogen and oxygen atoms in total. The quantitative estimate of drug-likeness (QED) is 0.906. The Balaban J connectivity index is 1.52. The number of ether oxygens (including phenoxy) is 1. The van der Waals surface area contributed by atoms with E-state index >= 15 is 0 Å². The fraction of sp³-hybridized carbons (Fsp3) is 0.722. The van der Waals surface area contributed by atoms with Crippen molar-refractivity contribution in [1.82, 2.24) is 15.4 Å². The Hall–Kier alpha value is -2.05. The molecular weight excluding hydrogens is 322 g/mol. The summed E-state index contributed by atoms with van der Waals surface area (Å²) in [5, 5.41) is 6.88. The van der Waals surface area contributed by atoms with E-state index in [0.717, 1.165) is 18.6 Å². The van der Waals surface area contributed by atoms with Crippen LogP contribution >= 0.6 is 0 Å². The van der Waals surface area contributed by atoms with Gasteiger partial charge in [0.2, 0.25) is 0 Å². The number of piperidine rings is 1. The van der Waals surface area contributed by atoms with E-state index in [9.17, 15) is 9.59 Å². The highest BCUT2D eigenvalue weighted by Crippen LogP contribution is 2.40. The molecule has 1 aliphatic heterocycles. The molecule has 2 aliphatic rings. The maximum absolute atomic E-state index is 12.3. The molecule has 2 heterocycles. The van der Waals surface area contributed by atoms with Crippen LogP contribution in [0, 0.1) is 0 Å². The SMILES string of the molecule is C[C@@H]1C[C@H](NC(=O)c2cc(C3CC3)on2)CCN1C(=O)OC(C)(C)C. The first-order chi connectivity index (χ1) is 11.7. The van der Waals surface area contributed by atoms with Crippen LogP contribution in [0.4, 0.5) is 4.79 Å².